The zero-order chi connectivity index (χ0) is 13.1. The monoisotopic (exact) mass is 375 g/mol. The van der Waals surface area contributed by atoms with Crippen LogP contribution in [0, 0.1) is 3.57 Å². The summed E-state index contributed by atoms with van der Waals surface area (Å²) in [5.74, 6) is 0. The lowest BCUT2D eigenvalue weighted by atomic mass is 10.0. The molecule has 1 aromatic carbocycles. The van der Waals surface area contributed by atoms with Crippen LogP contribution >= 0.6 is 34.2 Å². The Morgan fingerprint density at radius 2 is 2.28 bits per heavy atom. The van der Waals surface area contributed by atoms with E-state index >= 15 is 0 Å². The summed E-state index contributed by atoms with van der Waals surface area (Å²) in [6, 6.07) is 8.46. The molecule has 96 valence electrons. The SMILES string of the molecule is CCn1ncc(Cl)c1C(NC)c1cccc(I)c1. The number of aromatic nitrogens is 2. The maximum absolute atomic E-state index is 6.26. The summed E-state index contributed by atoms with van der Waals surface area (Å²) in [7, 11) is 1.94. The minimum absolute atomic E-state index is 0.0645. The van der Waals surface area contributed by atoms with Gasteiger partial charge < -0.3 is 5.32 Å². The van der Waals surface area contributed by atoms with E-state index < -0.39 is 0 Å². The van der Waals surface area contributed by atoms with Gasteiger partial charge in [-0.2, -0.15) is 5.10 Å². The van der Waals surface area contributed by atoms with Gasteiger partial charge in [-0.15, -0.1) is 0 Å². The molecule has 0 radical (unpaired) electrons. The summed E-state index contributed by atoms with van der Waals surface area (Å²) in [4.78, 5) is 0. The van der Waals surface area contributed by atoms with Crippen molar-refractivity contribution in [2.75, 3.05) is 7.05 Å². The molecule has 1 N–H and O–H groups in total. The fourth-order valence-corrected chi connectivity index (χ4v) is 2.88. The zero-order valence-electron chi connectivity index (χ0n) is 10.3. The Morgan fingerprint density at radius 1 is 1.50 bits per heavy atom. The van der Waals surface area contributed by atoms with Crippen LogP contribution in [0.25, 0.3) is 0 Å². The van der Waals surface area contributed by atoms with E-state index in [0.717, 1.165) is 12.2 Å². The summed E-state index contributed by atoms with van der Waals surface area (Å²) in [5, 5.41) is 8.31. The van der Waals surface area contributed by atoms with Crippen molar-refractivity contribution in [1.29, 1.82) is 0 Å². The molecule has 0 spiro atoms. The molecular weight excluding hydrogens is 361 g/mol. The predicted molar refractivity (Wildman–Crippen MR) is 83.0 cm³/mol. The molecule has 18 heavy (non-hydrogen) atoms. The lowest BCUT2D eigenvalue weighted by molar-refractivity contribution is 0.563. The minimum Gasteiger partial charge on any atom is -0.308 e. The van der Waals surface area contributed by atoms with Gasteiger partial charge in [0.25, 0.3) is 0 Å². The Morgan fingerprint density at radius 3 is 2.89 bits per heavy atom. The molecule has 1 heterocycles. The molecule has 1 unspecified atom stereocenters. The van der Waals surface area contributed by atoms with Gasteiger partial charge in [0.1, 0.15) is 0 Å². The molecule has 2 aromatic rings. The van der Waals surface area contributed by atoms with Crippen LogP contribution in [-0.2, 0) is 6.54 Å². The topological polar surface area (TPSA) is 29.9 Å². The first kappa shape index (κ1) is 13.8. The highest BCUT2D eigenvalue weighted by Crippen LogP contribution is 2.28. The number of aryl methyl sites for hydroxylation is 1. The molecular formula is C13H15ClIN3. The van der Waals surface area contributed by atoms with E-state index in [1.54, 1.807) is 6.20 Å². The van der Waals surface area contributed by atoms with Crippen molar-refractivity contribution in [2.24, 2.45) is 0 Å². The molecule has 3 nitrogen and oxygen atoms in total. The first-order chi connectivity index (χ1) is 8.67. The van der Waals surface area contributed by atoms with Gasteiger partial charge in [-0.05, 0) is 54.3 Å². The van der Waals surface area contributed by atoms with Crippen LogP contribution in [0.1, 0.15) is 24.2 Å². The van der Waals surface area contributed by atoms with Gasteiger partial charge >= 0.3 is 0 Å². The summed E-state index contributed by atoms with van der Waals surface area (Å²) >= 11 is 8.58. The Hall–Kier alpha value is -0.590. The summed E-state index contributed by atoms with van der Waals surface area (Å²) < 4.78 is 3.15. The maximum atomic E-state index is 6.26. The number of nitrogens with zero attached hydrogens (tertiary/aromatic N) is 2. The molecule has 2 rings (SSSR count). The molecule has 5 heteroatoms. The van der Waals surface area contributed by atoms with Gasteiger partial charge in [-0.25, -0.2) is 0 Å². The average Bonchev–Trinajstić information content (AvgIpc) is 2.72. The Labute approximate surface area is 126 Å². The predicted octanol–water partition coefficient (Wildman–Crippen LogP) is 3.47. The van der Waals surface area contributed by atoms with Crippen LogP contribution in [0.4, 0.5) is 0 Å². The van der Waals surface area contributed by atoms with E-state index in [4.69, 9.17) is 11.6 Å². The van der Waals surface area contributed by atoms with E-state index in [0.29, 0.717) is 5.02 Å². The zero-order valence-corrected chi connectivity index (χ0v) is 13.2. The highest BCUT2D eigenvalue weighted by molar-refractivity contribution is 14.1. The van der Waals surface area contributed by atoms with Crippen molar-refractivity contribution in [2.45, 2.75) is 19.5 Å². The van der Waals surface area contributed by atoms with Crippen molar-refractivity contribution in [3.8, 4) is 0 Å². The number of rotatable bonds is 4. The molecule has 1 aromatic heterocycles. The van der Waals surface area contributed by atoms with Crippen molar-refractivity contribution < 1.29 is 0 Å². The van der Waals surface area contributed by atoms with E-state index in [1.807, 2.05) is 11.7 Å². The van der Waals surface area contributed by atoms with E-state index in [9.17, 15) is 0 Å². The molecule has 0 aliphatic carbocycles. The smallest absolute Gasteiger partial charge is 0.0837 e. The maximum Gasteiger partial charge on any atom is 0.0837 e. The largest absolute Gasteiger partial charge is 0.308 e. The van der Waals surface area contributed by atoms with E-state index in [2.05, 4.69) is 64.2 Å². The van der Waals surface area contributed by atoms with Crippen LogP contribution < -0.4 is 5.32 Å². The van der Waals surface area contributed by atoms with Gasteiger partial charge in [0.05, 0.1) is 23.0 Å². The van der Waals surface area contributed by atoms with Gasteiger partial charge in [-0.1, -0.05) is 23.7 Å². The second-order valence-electron chi connectivity index (χ2n) is 3.97. The molecule has 0 fully saturated rings. The van der Waals surface area contributed by atoms with Crippen molar-refractivity contribution in [3.63, 3.8) is 0 Å². The van der Waals surface area contributed by atoms with Crippen molar-refractivity contribution in [3.05, 3.63) is 50.3 Å². The van der Waals surface area contributed by atoms with Gasteiger partial charge in [0.15, 0.2) is 0 Å². The lowest BCUT2D eigenvalue weighted by Gasteiger charge is -2.19. The average molecular weight is 376 g/mol. The third-order valence-electron chi connectivity index (χ3n) is 2.88. The van der Waals surface area contributed by atoms with Crippen molar-refractivity contribution >= 4 is 34.2 Å². The quantitative estimate of drug-likeness (QED) is 0.829. The number of nitrogens with one attached hydrogen (secondary N) is 1. The number of hydrogen-bond acceptors (Lipinski definition) is 2. The van der Waals surface area contributed by atoms with Crippen LogP contribution in [0.15, 0.2) is 30.5 Å². The van der Waals surface area contributed by atoms with Crippen LogP contribution in [-0.4, -0.2) is 16.8 Å². The number of halogens is 2. The fraction of sp³-hybridized carbons (Fsp3) is 0.308. The standard InChI is InChI=1S/C13H15ClIN3/c1-3-18-13(11(14)8-17-18)12(16-2)9-5-4-6-10(15)7-9/h4-8,12,16H,3H2,1-2H3. The first-order valence-electron chi connectivity index (χ1n) is 5.81. The summed E-state index contributed by atoms with van der Waals surface area (Å²) in [5.41, 5.74) is 2.21. The Kier molecular flexibility index (Phi) is 4.64. The van der Waals surface area contributed by atoms with Gasteiger partial charge in [-0.3, -0.25) is 4.68 Å². The first-order valence-corrected chi connectivity index (χ1v) is 7.27. The van der Waals surface area contributed by atoms with Crippen LogP contribution in [0.3, 0.4) is 0 Å². The molecule has 0 saturated carbocycles. The van der Waals surface area contributed by atoms with Crippen LogP contribution in [0.5, 0.6) is 0 Å². The molecule has 0 aliphatic rings. The number of benzene rings is 1. The third kappa shape index (κ3) is 2.70. The highest BCUT2D eigenvalue weighted by atomic mass is 127. The van der Waals surface area contributed by atoms with Gasteiger partial charge in [0, 0.05) is 10.1 Å². The van der Waals surface area contributed by atoms with E-state index in [1.165, 1.54) is 9.13 Å². The third-order valence-corrected chi connectivity index (χ3v) is 3.84. The minimum atomic E-state index is 0.0645. The number of hydrogen-bond donors (Lipinski definition) is 1. The Balaban J connectivity index is 2.48. The van der Waals surface area contributed by atoms with Gasteiger partial charge in [0.2, 0.25) is 0 Å². The lowest BCUT2D eigenvalue weighted by Crippen LogP contribution is -2.21. The summed E-state index contributed by atoms with van der Waals surface area (Å²) in [6.45, 7) is 2.87. The van der Waals surface area contributed by atoms with Crippen molar-refractivity contribution in [1.82, 2.24) is 15.1 Å². The highest BCUT2D eigenvalue weighted by Gasteiger charge is 2.20. The fourth-order valence-electron chi connectivity index (χ4n) is 2.06. The normalized spacial score (nSPS) is 12.7. The summed E-state index contributed by atoms with van der Waals surface area (Å²) in [6.07, 6.45) is 1.71. The molecule has 0 amide bonds. The molecule has 1 atom stereocenters. The Bertz CT molecular complexity index is 539. The van der Waals surface area contributed by atoms with Crippen LogP contribution in [0.2, 0.25) is 5.02 Å². The molecule has 0 aliphatic heterocycles. The second kappa shape index (κ2) is 6.04. The molecule has 0 bridgehead atoms. The van der Waals surface area contributed by atoms with E-state index in [-0.39, 0.29) is 6.04 Å². The molecule has 0 saturated heterocycles. The second-order valence-corrected chi connectivity index (χ2v) is 5.62.